The van der Waals surface area contributed by atoms with E-state index >= 15 is 0 Å². The largest absolute Gasteiger partial charge is 0.398 e. The van der Waals surface area contributed by atoms with Crippen LogP contribution in [0.5, 0.6) is 0 Å². The molecule has 116 valence electrons. The summed E-state index contributed by atoms with van der Waals surface area (Å²) in [5.74, 6) is -0.168. The van der Waals surface area contributed by atoms with Gasteiger partial charge in [-0.25, -0.2) is 4.79 Å². The number of aryl methyl sites for hydroxylation is 1. The molecule has 6 nitrogen and oxygen atoms in total. The van der Waals surface area contributed by atoms with E-state index in [0.29, 0.717) is 11.4 Å². The third kappa shape index (κ3) is 3.06. The molecule has 1 amide bonds. The summed E-state index contributed by atoms with van der Waals surface area (Å²) in [5.41, 5.74) is 2.99. The number of nitrogens with zero attached hydrogens (tertiary/aromatic N) is 2. The quantitative estimate of drug-likeness (QED) is 0.723. The molecule has 0 radical (unpaired) electrons. The molecular weight excluding hydrogens is 292 g/mol. The minimum Gasteiger partial charge on any atom is -0.323 e. The topological polar surface area (TPSA) is 70.8 Å². The van der Waals surface area contributed by atoms with Crippen molar-refractivity contribution >= 4 is 11.6 Å². The third-order valence-corrected chi connectivity index (χ3v) is 3.43. The maximum Gasteiger partial charge on any atom is 0.398 e. The highest BCUT2D eigenvalue weighted by molar-refractivity contribution is 5.90. The predicted octanol–water partition coefficient (Wildman–Crippen LogP) is 1.71. The summed E-state index contributed by atoms with van der Waals surface area (Å²) in [6.45, 7) is 3.44. The van der Waals surface area contributed by atoms with Gasteiger partial charge >= 0.3 is 5.56 Å². The monoisotopic (exact) mass is 309 g/mol. The summed E-state index contributed by atoms with van der Waals surface area (Å²) < 4.78 is 3.04. The van der Waals surface area contributed by atoms with Gasteiger partial charge in [0, 0.05) is 6.92 Å². The molecule has 0 saturated heterocycles. The molecule has 0 saturated carbocycles. The van der Waals surface area contributed by atoms with Crippen LogP contribution in [0.15, 0.2) is 59.5 Å². The second-order valence-corrected chi connectivity index (χ2v) is 5.31. The molecule has 1 aromatic heterocycles. The van der Waals surface area contributed by atoms with E-state index in [1.165, 1.54) is 17.8 Å². The van der Waals surface area contributed by atoms with Gasteiger partial charge in [-0.15, -0.1) is 4.68 Å². The summed E-state index contributed by atoms with van der Waals surface area (Å²) >= 11 is 0. The normalized spacial score (nSPS) is 10.5. The van der Waals surface area contributed by atoms with Crippen LogP contribution in [0.2, 0.25) is 0 Å². The molecule has 3 aromatic rings. The van der Waals surface area contributed by atoms with E-state index in [4.69, 9.17) is 0 Å². The number of hydrogen-bond donors (Lipinski definition) is 2. The van der Waals surface area contributed by atoms with Crippen LogP contribution in [0.4, 0.5) is 5.69 Å². The SMILES string of the molecule is CC(=O)Nc1ccccc1-[n+]1cc(=O)n(-c2ccc(C)cc2)[nH]1. The van der Waals surface area contributed by atoms with E-state index in [9.17, 15) is 9.59 Å². The zero-order valence-electron chi connectivity index (χ0n) is 12.9. The molecule has 23 heavy (non-hydrogen) atoms. The van der Waals surface area contributed by atoms with Crippen molar-refractivity contribution < 1.29 is 9.48 Å². The first kappa shape index (κ1) is 14.8. The Morgan fingerprint density at radius 3 is 2.52 bits per heavy atom. The van der Waals surface area contributed by atoms with Crippen LogP contribution in [-0.2, 0) is 4.79 Å². The van der Waals surface area contributed by atoms with Gasteiger partial charge in [0.2, 0.25) is 12.1 Å². The van der Waals surface area contributed by atoms with E-state index in [-0.39, 0.29) is 11.5 Å². The van der Waals surface area contributed by atoms with Crippen molar-refractivity contribution in [3.63, 3.8) is 0 Å². The van der Waals surface area contributed by atoms with E-state index in [0.717, 1.165) is 11.3 Å². The predicted molar refractivity (Wildman–Crippen MR) is 87.0 cm³/mol. The third-order valence-electron chi connectivity index (χ3n) is 3.43. The summed E-state index contributed by atoms with van der Waals surface area (Å²) in [7, 11) is 0. The molecule has 0 spiro atoms. The van der Waals surface area contributed by atoms with Crippen molar-refractivity contribution in [1.82, 2.24) is 9.90 Å². The Bertz CT molecular complexity index is 907. The van der Waals surface area contributed by atoms with Crippen molar-refractivity contribution in [1.29, 1.82) is 0 Å². The fraction of sp³-hybridized carbons (Fsp3) is 0.118. The van der Waals surface area contributed by atoms with Crippen molar-refractivity contribution in [2.24, 2.45) is 0 Å². The van der Waals surface area contributed by atoms with Gasteiger partial charge in [0.05, 0.1) is 5.69 Å². The summed E-state index contributed by atoms with van der Waals surface area (Å²) in [5, 5.41) is 5.77. The lowest BCUT2D eigenvalue weighted by Crippen LogP contribution is -2.34. The fourth-order valence-electron chi connectivity index (χ4n) is 2.34. The highest BCUT2D eigenvalue weighted by atomic mass is 16.1. The first-order valence-electron chi connectivity index (χ1n) is 7.22. The molecule has 0 aliphatic rings. The van der Waals surface area contributed by atoms with Gasteiger partial charge < -0.3 is 5.32 Å². The average molecular weight is 309 g/mol. The molecule has 0 aliphatic heterocycles. The minimum atomic E-state index is -0.188. The molecule has 2 N–H and O–H groups in total. The van der Waals surface area contributed by atoms with Crippen LogP contribution in [0.25, 0.3) is 11.4 Å². The summed E-state index contributed by atoms with van der Waals surface area (Å²) in [4.78, 5) is 23.6. The first-order chi connectivity index (χ1) is 11.0. The molecule has 1 heterocycles. The van der Waals surface area contributed by atoms with Gasteiger partial charge in [-0.3, -0.25) is 4.79 Å². The number of nitrogens with one attached hydrogen (secondary N) is 2. The van der Waals surface area contributed by atoms with Gasteiger partial charge in [0.25, 0.3) is 0 Å². The molecule has 0 atom stereocenters. The Labute approximate surface area is 133 Å². The van der Waals surface area contributed by atoms with Crippen molar-refractivity contribution in [2.45, 2.75) is 13.8 Å². The number of para-hydroxylation sites is 2. The second kappa shape index (κ2) is 5.92. The van der Waals surface area contributed by atoms with Crippen LogP contribution in [-0.4, -0.2) is 15.8 Å². The van der Waals surface area contributed by atoms with Crippen LogP contribution < -0.4 is 15.6 Å². The number of rotatable bonds is 3. The minimum absolute atomic E-state index is 0.168. The van der Waals surface area contributed by atoms with Crippen LogP contribution >= 0.6 is 0 Å². The fourth-order valence-corrected chi connectivity index (χ4v) is 2.34. The first-order valence-corrected chi connectivity index (χ1v) is 7.22. The highest BCUT2D eigenvalue weighted by Crippen LogP contribution is 2.14. The Morgan fingerprint density at radius 1 is 1.13 bits per heavy atom. The molecule has 2 aromatic carbocycles. The number of carbonyl (C=O) groups is 1. The highest BCUT2D eigenvalue weighted by Gasteiger charge is 2.17. The van der Waals surface area contributed by atoms with E-state index < -0.39 is 0 Å². The summed E-state index contributed by atoms with van der Waals surface area (Å²) in [6.07, 6.45) is 1.44. The van der Waals surface area contributed by atoms with Crippen molar-refractivity contribution in [3.8, 4) is 11.4 Å². The number of carbonyl (C=O) groups excluding carboxylic acids is 1. The standard InChI is InChI=1S/C17H16N4O2/c1-12-7-9-14(10-8-12)21-17(23)11-20(19-21)16-6-4-3-5-15(16)18-13(2)22/h3-11H,1-2H3,(H-,18,19,22,23)/p+1. The number of aromatic amines is 1. The zero-order valence-corrected chi connectivity index (χ0v) is 12.9. The van der Waals surface area contributed by atoms with Crippen molar-refractivity contribution in [2.75, 3.05) is 5.32 Å². The Morgan fingerprint density at radius 2 is 1.83 bits per heavy atom. The molecular formula is C17H17N4O2+. The molecule has 6 heteroatoms. The van der Waals surface area contributed by atoms with Gasteiger partial charge in [-0.1, -0.05) is 39.7 Å². The molecule has 0 aliphatic carbocycles. The lowest BCUT2D eigenvalue weighted by Gasteiger charge is -2.05. The van der Waals surface area contributed by atoms with Gasteiger partial charge in [-0.2, -0.15) is 0 Å². The number of benzene rings is 2. The van der Waals surface area contributed by atoms with Crippen molar-refractivity contribution in [3.05, 3.63) is 70.6 Å². The number of H-pyrrole nitrogens is 1. The molecule has 0 fully saturated rings. The van der Waals surface area contributed by atoms with Crippen LogP contribution in [0.1, 0.15) is 12.5 Å². The zero-order chi connectivity index (χ0) is 16.4. The van der Waals surface area contributed by atoms with Gasteiger partial charge in [0.15, 0.2) is 11.4 Å². The van der Waals surface area contributed by atoms with E-state index in [2.05, 4.69) is 10.5 Å². The number of anilines is 1. The Balaban J connectivity index is 2.06. The smallest absolute Gasteiger partial charge is 0.323 e. The lowest BCUT2D eigenvalue weighted by molar-refractivity contribution is -0.660. The van der Waals surface area contributed by atoms with E-state index in [1.54, 1.807) is 10.7 Å². The lowest BCUT2D eigenvalue weighted by atomic mass is 10.2. The maximum atomic E-state index is 12.3. The van der Waals surface area contributed by atoms with Crippen LogP contribution in [0.3, 0.4) is 0 Å². The number of amides is 1. The maximum absolute atomic E-state index is 12.3. The Hall–Kier alpha value is -3.15. The summed E-state index contributed by atoms with van der Waals surface area (Å²) in [6, 6.07) is 14.9. The molecule has 0 bridgehead atoms. The number of hydrogen-bond acceptors (Lipinski definition) is 2. The van der Waals surface area contributed by atoms with Crippen LogP contribution in [0, 0.1) is 6.92 Å². The Kier molecular flexibility index (Phi) is 3.80. The number of aromatic nitrogens is 3. The van der Waals surface area contributed by atoms with Gasteiger partial charge in [0.1, 0.15) is 0 Å². The van der Waals surface area contributed by atoms with E-state index in [1.807, 2.05) is 49.4 Å². The second-order valence-electron chi connectivity index (χ2n) is 5.31. The molecule has 0 unspecified atom stereocenters. The average Bonchev–Trinajstić information content (AvgIpc) is 2.90. The van der Waals surface area contributed by atoms with Gasteiger partial charge in [-0.05, 0) is 31.2 Å². The molecule has 3 rings (SSSR count).